The number of carbonyl (C=O) groups is 2. The van der Waals surface area contributed by atoms with Crippen LogP contribution < -0.4 is 15.5 Å². The third-order valence-corrected chi connectivity index (χ3v) is 5.27. The lowest BCUT2D eigenvalue weighted by atomic mass is 10.1. The van der Waals surface area contributed by atoms with Crippen LogP contribution in [0, 0.1) is 0 Å². The fourth-order valence-electron chi connectivity index (χ4n) is 3.21. The number of rotatable bonds is 6. The summed E-state index contributed by atoms with van der Waals surface area (Å²) in [6, 6.07) is 19.5. The SMILES string of the molecule is C[C@H](NC(=O)OCc1ccccc1)C(=O)Oc1ccc2c(=O)c(-c3ccc(Cl)cc3)coc2c1. The number of hydrogen-bond acceptors (Lipinski definition) is 6. The summed E-state index contributed by atoms with van der Waals surface area (Å²) in [7, 11) is 0. The molecule has 1 amide bonds. The van der Waals surface area contributed by atoms with Crippen molar-refractivity contribution in [3.63, 3.8) is 0 Å². The lowest BCUT2D eigenvalue weighted by molar-refractivity contribution is -0.136. The maximum Gasteiger partial charge on any atom is 0.408 e. The number of halogens is 1. The number of ether oxygens (including phenoxy) is 2. The molecule has 0 aliphatic heterocycles. The van der Waals surface area contributed by atoms with Gasteiger partial charge in [0.05, 0.1) is 10.9 Å². The highest BCUT2D eigenvalue weighted by molar-refractivity contribution is 6.30. The fourth-order valence-corrected chi connectivity index (χ4v) is 3.33. The van der Waals surface area contributed by atoms with Crippen molar-refractivity contribution in [2.24, 2.45) is 0 Å². The quantitative estimate of drug-likeness (QED) is 0.298. The van der Waals surface area contributed by atoms with Gasteiger partial charge >= 0.3 is 12.1 Å². The molecule has 0 radical (unpaired) electrons. The zero-order valence-corrected chi connectivity index (χ0v) is 18.9. The Bertz CT molecular complexity index is 1380. The number of esters is 1. The normalized spacial score (nSPS) is 11.6. The van der Waals surface area contributed by atoms with Gasteiger partial charge in [-0.3, -0.25) is 4.79 Å². The van der Waals surface area contributed by atoms with E-state index in [0.29, 0.717) is 21.5 Å². The summed E-state index contributed by atoms with van der Waals surface area (Å²) in [5.41, 5.74) is 1.92. The number of alkyl carbamates (subject to hydrolysis) is 1. The molecule has 4 aromatic rings. The molecule has 1 aromatic heterocycles. The van der Waals surface area contributed by atoms with E-state index in [4.69, 9.17) is 25.5 Å². The monoisotopic (exact) mass is 477 g/mol. The zero-order chi connectivity index (χ0) is 24.1. The van der Waals surface area contributed by atoms with E-state index in [0.717, 1.165) is 5.56 Å². The van der Waals surface area contributed by atoms with Crippen molar-refractivity contribution in [1.29, 1.82) is 0 Å². The molecule has 0 unspecified atom stereocenters. The molecule has 0 saturated carbocycles. The smallest absolute Gasteiger partial charge is 0.408 e. The summed E-state index contributed by atoms with van der Waals surface area (Å²) < 4.78 is 16.1. The molecule has 0 spiro atoms. The largest absolute Gasteiger partial charge is 0.463 e. The van der Waals surface area contributed by atoms with E-state index in [1.807, 2.05) is 30.3 Å². The molecule has 3 aromatic carbocycles. The van der Waals surface area contributed by atoms with Gasteiger partial charge in [-0.15, -0.1) is 0 Å². The summed E-state index contributed by atoms with van der Waals surface area (Å²) in [6.45, 7) is 1.56. The van der Waals surface area contributed by atoms with E-state index in [9.17, 15) is 14.4 Å². The molecule has 8 heteroatoms. The minimum absolute atomic E-state index is 0.0795. The molecule has 1 heterocycles. The Labute approximate surface area is 199 Å². The number of fused-ring (bicyclic) bond motifs is 1. The Morgan fingerprint density at radius 3 is 2.50 bits per heavy atom. The molecule has 4 rings (SSSR count). The van der Waals surface area contributed by atoms with Gasteiger partial charge in [-0.1, -0.05) is 54.1 Å². The minimum Gasteiger partial charge on any atom is -0.463 e. The highest BCUT2D eigenvalue weighted by Gasteiger charge is 2.19. The maximum absolute atomic E-state index is 12.9. The van der Waals surface area contributed by atoms with Crippen LogP contribution in [0.1, 0.15) is 12.5 Å². The summed E-state index contributed by atoms with van der Waals surface area (Å²) in [4.78, 5) is 37.2. The van der Waals surface area contributed by atoms with Gasteiger partial charge in [0.15, 0.2) is 5.43 Å². The first-order valence-electron chi connectivity index (χ1n) is 10.4. The molecule has 0 aliphatic rings. The second kappa shape index (κ2) is 10.2. The van der Waals surface area contributed by atoms with Crippen molar-refractivity contribution >= 4 is 34.6 Å². The van der Waals surface area contributed by atoms with Crippen molar-refractivity contribution in [2.75, 3.05) is 0 Å². The van der Waals surface area contributed by atoms with Gasteiger partial charge in [-0.05, 0) is 42.3 Å². The summed E-state index contributed by atoms with van der Waals surface area (Å²) in [5.74, 6) is -0.526. The predicted octanol–water partition coefficient (Wildman–Crippen LogP) is 5.33. The topological polar surface area (TPSA) is 94.8 Å². The Balaban J connectivity index is 1.40. The van der Waals surface area contributed by atoms with Gasteiger partial charge < -0.3 is 19.2 Å². The van der Waals surface area contributed by atoms with Crippen molar-refractivity contribution in [1.82, 2.24) is 5.32 Å². The number of carbonyl (C=O) groups excluding carboxylic acids is 2. The standard InChI is InChI=1S/C26H20ClNO6/c1-16(28-26(31)33-14-17-5-3-2-4-6-17)25(30)34-20-11-12-21-23(13-20)32-15-22(24(21)29)18-7-9-19(27)10-8-18/h2-13,15-16H,14H2,1H3,(H,28,31)/t16-/m0/s1. The van der Waals surface area contributed by atoms with Crippen LogP contribution in [0.4, 0.5) is 4.79 Å². The van der Waals surface area contributed by atoms with Crippen LogP contribution in [0.3, 0.4) is 0 Å². The molecule has 0 fully saturated rings. The molecule has 172 valence electrons. The first-order valence-corrected chi connectivity index (χ1v) is 10.8. The third kappa shape index (κ3) is 5.44. The van der Waals surface area contributed by atoms with Crippen LogP contribution in [-0.4, -0.2) is 18.1 Å². The fraction of sp³-hybridized carbons (Fsp3) is 0.115. The van der Waals surface area contributed by atoms with E-state index in [1.165, 1.54) is 31.4 Å². The number of hydrogen-bond donors (Lipinski definition) is 1. The Kier molecular flexibility index (Phi) is 6.94. The van der Waals surface area contributed by atoms with E-state index in [2.05, 4.69) is 5.32 Å². The van der Waals surface area contributed by atoms with Crippen molar-refractivity contribution in [2.45, 2.75) is 19.6 Å². The Morgan fingerprint density at radius 1 is 1.03 bits per heavy atom. The van der Waals surface area contributed by atoms with Gasteiger partial charge in [-0.25, -0.2) is 9.59 Å². The van der Waals surface area contributed by atoms with Gasteiger partial charge in [0.1, 0.15) is 30.2 Å². The van der Waals surface area contributed by atoms with E-state index in [-0.39, 0.29) is 23.4 Å². The average molecular weight is 478 g/mol. The predicted molar refractivity (Wildman–Crippen MR) is 128 cm³/mol. The third-order valence-electron chi connectivity index (χ3n) is 5.02. The molecule has 7 nitrogen and oxygen atoms in total. The van der Waals surface area contributed by atoms with Crippen LogP contribution in [0.15, 0.2) is 88.3 Å². The summed E-state index contributed by atoms with van der Waals surface area (Å²) >= 11 is 5.91. The minimum atomic E-state index is -0.960. The first kappa shape index (κ1) is 23.1. The highest BCUT2D eigenvalue weighted by Crippen LogP contribution is 2.24. The molecular formula is C26H20ClNO6. The van der Waals surface area contributed by atoms with Gasteiger partial charge in [0, 0.05) is 11.1 Å². The number of benzene rings is 3. The Hall–Kier alpha value is -4.10. The molecule has 0 aliphatic carbocycles. The van der Waals surface area contributed by atoms with Gasteiger partial charge in [0.25, 0.3) is 0 Å². The number of amides is 1. The lowest BCUT2D eigenvalue weighted by Gasteiger charge is -2.13. The van der Waals surface area contributed by atoms with Gasteiger partial charge in [-0.2, -0.15) is 0 Å². The van der Waals surface area contributed by atoms with Crippen LogP contribution >= 0.6 is 11.6 Å². The Morgan fingerprint density at radius 2 is 1.76 bits per heavy atom. The van der Waals surface area contributed by atoms with Crippen LogP contribution in [0.5, 0.6) is 5.75 Å². The zero-order valence-electron chi connectivity index (χ0n) is 18.1. The van der Waals surface area contributed by atoms with Crippen LogP contribution in [0.2, 0.25) is 5.02 Å². The molecule has 0 saturated heterocycles. The molecule has 34 heavy (non-hydrogen) atoms. The maximum atomic E-state index is 12.9. The molecule has 1 atom stereocenters. The number of nitrogens with one attached hydrogen (secondary N) is 1. The van der Waals surface area contributed by atoms with E-state index >= 15 is 0 Å². The van der Waals surface area contributed by atoms with E-state index in [1.54, 1.807) is 24.3 Å². The van der Waals surface area contributed by atoms with Crippen molar-refractivity contribution < 1.29 is 23.5 Å². The lowest BCUT2D eigenvalue weighted by Crippen LogP contribution is -2.41. The van der Waals surface area contributed by atoms with E-state index < -0.39 is 18.1 Å². The first-order chi connectivity index (χ1) is 16.4. The molecule has 1 N–H and O–H groups in total. The highest BCUT2D eigenvalue weighted by atomic mass is 35.5. The van der Waals surface area contributed by atoms with Crippen LogP contribution in [0.25, 0.3) is 22.1 Å². The van der Waals surface area contributed by atoms with Crippen molar-refractivity contribution in [3.8, 4) is 16.9 Å². The molecule has 0 bridgehead atoms. The molecular weight excluding hydrogens is 458 g/mol. The second-order valence-electron chi connectivity index (χ2n) is 7.49. The average Bonchev–Trinajstić information content (AvgIpc) is 2.84. The summed E-state index contributed by atoms with van der Waals surface area (Å²) in [5, 5.41) is 3.33. The van der Waals surface area contributed by atoms with Crippen molar-refractivity contribution in [3.05, 3.63) is 99.9 Å². The van der Waals surface area contributed by atoms with Gasteiger partial charge in [0.2, 0.25) is 0 Å². The summed E-state index contributed by atoms with van der Waals surface area (Å²) in [6.07, 6.45) is 0.611. The van der Waals surface area contributed by atoms with Crippen LogP contribution in [-0.2, 0) is 16.1 Å². The second-order valence-corrected chi connectivity index (χ2v) is 7.93.